The van der Waals surface area contributed by atoms with Crippen LogP contribution in [0.5, 0.6) is 0 Å². The van der Waals surface area contributed by atoms with Crippen LogP contribution in [-0.4, -0.2) is 17.1 Å². The summed E-state index contributed by atoms with van der Waals surface area (Å²) in [5.74, 6) is 0.964. The average molecular weight is 223 g/mol. The van der Waals surface area contributed by atoms with Crippen LogP contribution in [0.15, 0.2) is 17.1 Å². The molecule has 4 nitrogen and oxygen atoms in total. The smallest absolute Gasteiger partial charge is 0.360 e. The lowest BCUT2D eigenvalue weighted by molar-refractivity contribution is 0.00818. The van der Waals surface area contributed by atoms with E-state index in [4.69, 9.17) is 9.15 Å². The molecule has 0 amide bonds. The van der Waals surface area contributed by atoms with E-state index in [2.05, 4.69) is 18.8 Å². The zero-order valence-electron chi connectivity index (χ0n) is 9.68. The molecule has 0 bridgehead atoms. The van der Waals surface area contributed by atoms with E-state index in [1.165, 1.54) is 12.7 Å². The summed E-state index contributed by atoms with van der Waals surface area (Å²) >= 11 is 0. The molecule has 0 unspecified atom stereocenters. The highest BCUT2D eigenvalue weighted by atomic mass is 16.5. The Kier molecular flexibility index (Phi) is 3.27. The Morgan fingerprint density at radius 2 is 2.25 bits per heavy atom. The molecule has 1 aromatic rings. The molecular formula is C12H17NO3. The fraction of sp³-hybridized carbons (Fsp3) is 0.667. The minimum atomic E-state index is -0.375. The van der Waals surface area contributed by atoms with Crippen LogP contribution in [-0.2, 0) is 4.74 Å². The molecule has 1 aromatic heterocycles. The van der Waals surface area contributed by atoms with E-state index in [-0.39, 0.29) is 17.8 Å². The Bertz CT molecular complexity index is 347. The van der Waals surface area contributed by atoms with Gasteiger partial charge in [-0.15, -0.1) is 0 Å². The van der Waals surface area contributed by atoms with Crippen LogP contribution in [0.1, 0.15) is 43.6 Å². The van der Waals surface area contributed by atoms with E-state index >= 15 is 0 Å². The van der Waals surface area contributed by atoms with Crippen molar-refractivity contribution in [2.75, 3.05) is 0 Å². The molecule has 0 aromatic carbocycles. The summed E-state index contributed by atoms with van der Waals surface area (Å²) in [4.78, 5) is 15.4. The second-order valence-corrected chi connectivity index (χ2v) is 4.67. The molecule has 1 heterocycles. The molecule has 88 valence electrons. The van der Waals surface area contributed by atoms with E-state index in [1.54, 1.807) is 0 Å². The number of carbonyl (C=O) groups is 1. The van der Waals surface area contributed by atoms with Crippen molar-refractivity contribution in [3.05, 3.63) is 18.4 Å². The highest BCUT2D eigenvalue weighted by molar-refractivity contribution is 5.86. The number of carbonyl (C=O) groups excluding carboxylic acids is 1. The van der Waals surface area contributed by atoms with Gasteiger partial charge in [0.15, 0.2) is 12.1 Å². The van der Waals surface area contributed by atoms with Crippen LogP contribution in [0.4, 0.5) is 0 Å². The lowest BCUT2D eigenvalue weighted by Crippen LogP contribution is -2.28. The summed E-state index contributed by atoms with van der Waals surface area (Å²) in [7, 11) is 0. The second-order valence-electron chi connectivity index (χ2n) is 4.67. The largest absolute Gasteiger partial charge is 0.458 e. The van der Waals surface area contributed by atoms with Gasteiger partial charge < -0.3 is 9.15 Å². The second kappa shape index (κ2) is 4.68. The van der Waals surface area contributed by atoms with Crippen LogP contribution in [0.25, 0.3) is 0 Å². The third-order valence-electron chi connectivity index (χ3n) is 3.47. The SMILES string of the molecule is C[C@@H]1CC[C@@H](OC(=O)c2cocn2)C[C@H]1C. The van der Waals surface area contributed by atoms with Gasteiger partial charge in [-0.25, -0.2) is 9.78 Å². The minimum absolute atomic E-state index is 0.0374. The van der Waals surface area contributed by atoms with Crippen molar-refractivity contribution in [2.45, 2.75) is 39.2 Å². The van der Waals surface area contributed by atoms with E-state index in [9.17, 15) is 4.79 Å². The van der Waals surface area contributed by atoms with Crippen molar-refractivity contribution in [1.82, 2.24) is 4.98 Å². The van der Waals surface area contributed by atoms with Gasteiger partial charge in [-0.05, 0) is 31.1 Å². The molecule has 0 aliphatic heterocycles. The maximum Gasteiger partial charge on any atom is 0.360 e. The van der Waals surface area contributed by atoms with Crippen LogP contribution < -0.4 is 0 Å². The van der Waals surface area contributed by atoms with Gasteiger partial charge in [-0.1, -0.05) is 13.8 Å². The highest BCUT2D eigenvalue weighted by Crippen LogP contribution is 2.31. The number of aromatic nitrogens is 1. The lowest BCUT2D eigenvalue weighted by Gasteiger charge is -2.31. The van der Waals surface area contributed by atoms with Crippen molar-refractivity contribution in [2.24, 2.45) is 11.8 Å². The number of ether oxygens (including phenoxy) is 1. The molecule has 16 heavy (non-hydrogen) atoms. The fourth-order valence-electron chi connectivity index (χ4n) is 2.13. The van der Waals surface area contributed by atoms with Crippen LogP contribution in [0.2, 0.25) is 0 Å². The Labute approximate surface area is 95.0 Å². The van der Waals surface area contributed by atoms with Gasteiger partial charge in [0.05, 0.1) is 0 Å². The highest BCUT2D eigenvalue weighted by Gasteiger charge is 2.27. The van der Waals surface area contributed by atoms with E-state index in [0.717, 1.165) is 25.2 Å². The summed E-state index contributed by atoms with van der Waals surface area (Å²) in [6, 6.07) is 0. The monoisotopic (exact) mass is 223 g/mol. The first-order chi connectivity index (χ1) is 7.66. The van der Waals surface area contributed by atoms with Crippen LogP contribution in [0.3, 0.4) is 0 Å². The topological polar surface area (TPSA) is 52.3 Å². The van der Waals surface area contributed by atoms with Gasteiger partial charge in [-0.2, -0.15) is 0 Å². The standard InChI is InChI=1S/C12H17NO3/c1-8-3-4-10(5-9(8)2)16-12(14)11-6-15-7-13-11/h6-10H,3-5H2,1-2H3/t8-,9-,10-/m1/s1. The Morgan fingerprint density at radius 3 is 2.88 bits per heavy atom. The zero-order valence-corrected chi connectivity index (χ0v) is 9.68. The van der Waals surface area contributed by atoms with E-state index in [0.29, 0.717) is 5.92 Å². The summed E-state index contributed by atoms with van der Waals surface area (Å²) in [5.41, 5.74) is 0.256. The molecule has 1 aliphatic rings. The summed E-state index contributed by atoms with van der Waals surface area (Å²) in [6.45, 7) is 4.46. The summed E-state index contributed by atoms with van der Waals surface area (Å²) < 4.78 is 10.1. The first-order valence-corrected chi connectivity index (χ1v) is 5.76. The lowest BCUT2D eigenvalue weighted by atomic mass is 9.80. The molecule has 0 radical (unpaired) electrons. The molecule has 1 saturated carbocycles. The number of oxazole rings is 1. The van der Waals surface area contributed by atoms with Crippen molar-refractivity contribution < 1.29 is 13.9 Å². The zero-order chi connectivity index (χ0) is 11.5. The average Bonchev–Trinajstić information content (AvgIpc) is 2.77. The minimum Gasteiger partial charge on any atom is -0.458 e. The number of rotatable bonds is 2. The number of hydrogen-bond donors (Lipinski definition) is 0. The van der Waals surface area contributed by atoms with Gasteiger partial charge in [0, 0.05) is 0 Å². The molecule has 0 spiro atoms. The molecule has 1 aliphatic carbocycles. The predicted octanol–water partition coefficient (Wildman–Crippen LogP) is 2.66. The van der Waals surface area contributed by atoms with Crippen LogP contribution in [0, 0.1) is 11.8 Å². The normalized spacial score (nSPS) is 30.0. The number of esters is 1. The first kappa shape index (κ1) is 11.2. The molecule has 3 atom stereocenters. The van der Waals surface area contributed by atoms with Gasteiger partial charge in [-0.3, -0.25) is 0 Å². The maximum atomic E-state index is 11.6. The quantitative estimate of drug-likeness (QED) is 0.723. The van der Waals surface area contributed by atoms with Gasteiger partial charge in [0.25, 0.3) is 0 Å². The van der Waals surface area contributed by atoms with Gasteiger partial charge in [0.2, 0.25) is 0 Å². The molecule has 4 heteroatoms. The molecular weight excluding hydrogens is 206 g/mol. The summed E-state index contributed by atoms with van der Waals surface area (Å²) in [5, 5.41) is 0. The van der Waals surface area contributed by atoms with Crippen molar-refractivity contribution >= 4 is 5.97 Å². The van der Waals surface area contributed by atoms with E-state index < -0.39 is 0 Å². The van der Waals surface area contributed by atoms with E-state index in [1.807, 2.05) is 0 Å². The first-order valence-electron chi connectivity index (χ1n) is 5.76. The summed E-state index contributed by atoms with van der Waals surface area (Å²) in [6.07, 6.45) is 5.62. The van der Waals surface area contributed by atoms with Crippen molar-refractivity contribution in [1.29, 1.82) is 0 Å². The Morgan fingerprint density at radius 1 is 1.44 bits per heavy atom. The van der Waals surface area contributed by atoms with Gasteiger partial charge >= 0.3 is 5.97 Å². The molecule has 0 N–H and O–H groups in total. The van der Waals surface area contributed by atoms with Crippen LogP contribution >= 0.6 is 0 Å². The Hall–Kier alpha value is -1.32. The third kappa shape index (κ3) is 2.43. The van der Waals surface area contributed by atoms with Crippen molar-refractivity contribution in [3.63, 3.8) is 0 Å². The third-order valence-corrected chi connectivity index (χ3v) is 3.47. The molecule has 1 fully saturated rings. The van der Waals surface area contributed by atoms with Crippen molar-refractivity contribution in [3.8, 4) is 0 Å². The maximum absolute atomic E-state index is 11.6. The molecule has 0 saturated heterocycles. The fourth-order valence-corrected chi connectivity index (χ4v) is 2.13. The predicted molar refractivity (Wildman–Crippen MR) is 57.9 cm³/mol. The number of hydrogen-bond acceptors (Lipinski definition) is 4. The van der Waals surface area contributed by atoms with Gasteiger partial charge in [0.1, 0.15) is 12.4 Å². The number of nitrogens with zero attached hydrogens (tertiary/aromatic N) is 1. The molecule has 2 rings (SSSR count). The Balaban J connectivity index is 1.89.